The highest BCUT2D eigenvalue weighted by Gasteiger charge is 2.18. The molecule has 1 aromatic carbocycles. The summed E-state index contributed by atoms with van der Waals surface area (Å²) in [6.45, 7) is 1.24. The number of carbonyl (C=O) groups is 3. The molecule has 0 aliphatic carbocycles. The van der Waals surface area contributed by atoms with Crippen molar-refractivity contribution in [2.75, 3.05) is 16.8 Å². The van der Waals surface area contributed by atoms with Gasteiger partial charge in [-0.2, -0.15) is 0 Å². The molecule has 6 nitrogen and oxygen atoms in total. The summed E-state index contributed by atoms with van der Waals surface area (Å²) in [4.78, 5) is 33.4. The van der Waals surface area contributed by atoms with Gasteiger partial charge in [-0.25, -0.2) is 4.79 Å². The lowest BCUT2D eigenvalue weighted by atomic mass is 10.3. The van der Waals surface area contributed by atoms with Gasteiger partial charge in [0.15, 0.2) is 0 Å². The summed E-state index contributed by atoms with van der Waals surface area (Å²) < 4.78 is 0. The van der Waals surface area contributed by atoms with Crippen molar-refractivity contribution in [3.63, 3.8) is 0 Å². The minimum absolute atomic E-state index is 0.0893. The molecule has 0 aromatic heterocycles. The molecule has 0 fully saturated rings. The van der Waals surface area contributed by atoms with Crippen LogP contribution in [0.4, 0.5) is 5.69 Å². The van der Waals surface area contributed by atoms with Gasteiger partial charge in [0.2, 0.25) is 11.8 Å². The van der Waals surface area contributed by atoms with Crippen LogP contribution in [0.2, 0.25) is 5.02 Å². The number of hydrogen-bond donors (Lipinski definition) is 3. The third-order valence-corrected chi connectivity index (χ3v) is 3.61. The molecule has 8 heteroatoms. The van der Waals surface area contributed by atoms with Gasteiger partial charge in [0, 0.05) is 23.4 Å². The van der Waals surface area contributed by atoms with E-state index in [1.807, 2.05) is 0 Å². The van der Waals surface area contributed by atoms with Crippen LogP contribution in [-0.2, 0) is 14.4 Å². The average molecular weight is 331 g/mol. The first kappa shape index (κ1) is 17.3. The van der Waals surface area contributed by atoms with E-state index >= 15 is 0 Å². The number of hydrogen-bond acceptors (Lipinski definition) is 4. The van der Waals surface area contributed by atoms with Crippen molar-refractivity contribution in [2.24, 2.45) is 0 Å². The summed E-state index contributed by atoms with van der Waals surface area (Å²) in [5.74, 6) is -1.60. The van der Waals surface area contributed by atoms with E-state index in [9.17, 15) is 14.4 Å². The average Bonchev–Trinajstić information content (AvgIpc) is 2.39. The standard InChI is InChI=1S/C13H15ClN2O4S/c1-8(17)15-11(13(19)20)6-21-7-12(18)16-10-4-2-9(14)3-5-10/h2-5,11H,6-7H2,1H3,(H,15,17)(H,16,18)(H,19,20)/t11-/m0/s1. The van der Waals surface area contributed by atoms with Crippen molar-refractivity contribution in [1.82, 2.24) is 5.32 Å². The van der Waals surface area contributed by atoms with Gasteiger partial charge in [-0.3, -0.25) is 9.59 Å². The molecule has 1 aromatic rings. The van der Waals surface area contributed by atoms with E-state index in [-0.39, 0.29) is 17.4 Å². The van der Waals surface area contributed by atoms with Gasteiger partial charge < -0.3 is 15.7 Å². The van der Waals surface area contributed by atoms with Crippen LogP contribution in [0.1, 0.15) is 6.92 Å². The largest absolute Gasteiger partial charge is 0.480 e. The fourth-order valence-corrected chi connectivity index (χ4v) is 2.38. The lowest BCUT2D eigenvalue weighted by Crippen LogP contribution is -2.41. The molecule has 0 aliphatic heterocycles. The molecule has 0 unspecified atom stereocenters. The quantitative estimate of drug-likeness (QED) is 0.705. The lowest BCUT2D eigenvalue weighted by Gasteiger charge is -2.12. The fourth-order valence-electron chi connectivity index (χ4n) is 1.42. The maximum Gasteiger partial charge on any atom is 0.327 e. The third kappa shape index (κ3) is 7.01. The minimum Gasteiger partial charge on any atom is -0.480 e. The Morgan fingerprint density at radius 1 is 1.29 bits per heavy atom. The highest BCUT2D eigenvalue weighted by molar-refractivity contribution is 8.00. The Kier molecular flexibility index (Phi) is 7.04. The molecule has 21 heavy (non-hydrogen) atoms. The van der Waals surface area contributed by atoms with Crippen molar-refractivity contribution in [3.05, 3.63) is 29.3 Å². The van der Waals surface area contributed by atoms with Gasteiger partial charge in [0.25, 0.3) is 0 Å². The van der Waals surface area contributed by atoms with Crippen LogP contribution in [0.25, 0.3) is 0 Å². The SMILES string of the molecule is CC(=O)N[C@@H](CSCC(=O)Nc1ccc(Cl)cc1)C(=O)O. The number of aliphatic carboxylic acids is 1. The molecule has 0 heterocycles. The van der Waals surface area contributed by atoms with Gasteiger partial charge in [-0.15, -0.1) is 11.8 Å². The summed E-state index contributed by atoms with van der Waals surface area (Å²) in [5.41, 5.74) is 0.613. The monoisotopic (exact) mass is 330 g/mol. The molecule has 1 atom stereocenters. The normalized spacial score (nSPS) is 11.5. The van der Waals surface area contributed by atoms with Crippen molar-refractivity contribution >= 4 is 46.8 Å². The molecular formula is C13H15ClN2O4S. The first-order valence-electron chi connectivity index (χ1n) is 6.01. The third-order valence-electron chi connectivity index (χ3n) is 2.32. The zero-order chi connectivity index (χ0) is 15.8. The molecule has 0 aliphatic rings. The first-order valence-corrected chi connectivity index (χ1v) is 7.55. The van der Waals surface area contributed by atoms with Gasteiger partial charge >= 0.3 is 5.97 Å². The van der Waals surface area contributed by atoms with Crippen LogP contribution in [-0.4, -0.2) is 40.4 Å². The predicted octanol–water partition coefficient (Wildman–Crippen LogP) is 1.60. The van der Waals surface area contributed by atoms with Crippen LogP contribution in [0.3, 0.4) is 0 Å². The van der Waals surface area contributed by atoms with Gasteiger partial charge in [-0.1, -0.05) is 11.6 Å². The van der Waals surface area contributed by atoms with Crippen molar-refractivity contribution in [3.8, 4) is 0 Å². The summed E-state index contributed by atoms with van der Waals surface area (Å²) >= 11 is 6.86. The molecule has 0 saturated heterocycles. The Balaban J connectivity index is 2.36. The van der Waals surface area contributed by atoms with Crippen LogP contribution in [0.15, 0.2) is 24.3 Å². The highest BCUT2D eigenvalue weighted by Crippen LogP contribution is 2.14. The number of anilines is 1. The highest BCUT2D eigenvalue weighted by atomic mass is 35.5. The molecule has 114 valence electrons. The molecule has 0 radical (unpaired) electrons. The number of thioether (sulfide) groups is 1. The van der Waals surface area contributed by atoms with Crippen molar-refractivity contribution in [2.45, 2.75) is 13.0 Å². The number of rotatable bonds is 7. The van der Waals surface area contributed by atoms with Crippen LogP contribution >= 0.6 is 23.4 Å². The van der Waals surface area contributed by atoms with Gasteiger partial charge in [0.05, 0.1) is 5.75 Å². The number of amides is 2. The van der Waals surface area contributed by atoms with Gasteiger partial charge in [0.1, 0.15) is 6.04 Å². The maximum atomic E-state index is 11.7. The zero-order valence-electron chi connectivity index (χ0n) is 11.3. The van der Waals surface area contributed by atoms with Crippen molar-refractivity contribution in [1.29, 1.82) is 0 Å². The van der Waals surface area contributed by atoms with E-state index in [0.717, 1.165) is 11.8 Å². The number of carbonyl (C=O) groups excluding carboxylic acids is 2. The van der Waals surface area contributed by atoms with Crippen LogP contribution in [0.5, 0.6) is 0 Å². The number of halogens is 1. The molecule has 3 N–H and O–H groups in total. The Bertz CT molecular complexity index is 521. The Labute approximate surface area is 131 Å². The Morgan fingerprint density at radius 2 is 1.90 bits per heavy atom. The minimum atomic E-state index is -1.13. The molecule has 2 amide bonds. The van der Waals surface area contributed by atoms with E-state index in [1.165, 1.54) is 6.92 Å². The van der Waals surface area contributed by atoms with E-state index in [2.05, 4.69) is 10.6 Å². The van der Waals surface area contributed by atoms with Gasteiger partial charge in [-0.05, 0) is 24.3 Å². The molecule has 0 bridgehead atoms. The second-order valence-electron chi connectivity index (χ2n) is 4.16. The number of carboxylic acid groups (broad SMARTS) is 1. The Hall–Kier alpha value is -1.73. The summed E-state index contributed by atoms with van der Waals surface area (Å²) in [6, 6.07) is 5.64. The molecule has 0 saturated carbocycles. The molecule has 1 rings (SSSR count). The topological polar surface area (TPSA) is 95.5 Å². The number of carboxylic acids is 1. The predicted molar refractivity (Wildman–Crippen MR) is 82.6 cm³/mol. The number of nitrogens with one attached hydrogen (secondary N) is 2. The maximum absolute atomic E-state index is 11.7. The first-order chi connectivity index (χ1) is 9.88. The summed E-state index contributed by atoms with van der Waals surface area (Å²) in [5, 5.41) is 14.4. The fraction of sp³-hybridized carbons (Fsp3) is 0.308. The zero-order valence-corrected chi connectivity index (χ0v) is 12.8. The van der Waals surface area contributed by atoms with Crippen molar-refractivity contribution < 1.29 is 19.5 Å². The smallest absolute Gasteiger partial charge is 0.327 e. The van der Waals surface area contributed by atoms with E-state index in [1.54, 1.807) is 24.3 Å². The number of benzene rings is 1. The second-order valence-corrected chi connectivity index (χ2v) is 5.63. The van der Waals surface area contributed by atoms with Crippen LogP contribution < -0.4 is 10.6 Å². The summed E-state index contributed by atoms with van der Waals surface area (Å²) in [7, 11) is 0. The van der Waals surface area contributed by atoms with E-state index < -0.39 is 17.9 Å². The second kappa shape index (κ2) is 8.53. The lowest BCUT2D eigenvalue weighted by molar-refractivity contribution is -0.140. The van der Waals surface area contributed by atoms with E-state index in [0.29, 0.717) is 10.7 Å². The molecule has 0 spiro atoms. The van der Waals surface area contributed by atoms with Crippen LogP contribution in [0, 0.1) is 0 Å². The Morgan fingerprint density at radius 3 is 2.43 bits per heavy atom. The summed E-state index contributed by atoms with van der Waals surface area (Å²) in [6.07, 6.45) is 0. The van der Waals surface area contributed by atoms with E-state index in [4.69, 9.17) is 16.7 Å². The molecular weight excluding hydrogens is 316 g/mol.